The summed E-state index contributed by atoms with van der Waals surface area (Å²) in [6, 6.07) is 7.43. The predicted octanol–water partition coefficient (Wildman–Crippen LogP) is 3.04. The standard InChI is InChI=1S/C15H13N3O2S/c1-10-4-5-11(7-16-10)14(19)17-8-12-9-20-15(18-12)13-3-2-6-21-13/h2-7,9H,8H2,1H3,(H,17,19). The SMILES string of the molecule is Cc1ccc(C(=O)NCc2coc(-c3cccs3)n2)cn1. The highest BCUT2D eigenvalue weighted by molar-refractivity contribution is 7.13. The van der Waals surface area contributed by atoms with Crippen LogP contribution in [0.3, 0.4) is 0 Å². The molecule has 0 aliphatic heterocycles. The van der Waals surface area contributed by atoms with Crippen LogP contribution in [0.4, 0.5) is 0 Å². The van der Waals surface area contributed by atoms with E-state index in [1.807, 2.05) is 24.4 Å². The van der Waals surface area contributed by atoms with Crippen LogP contribution in [0.15, 0.2) is 46.5 Å². The lowest BCUT2D eigenvalue weighted by Gasteiger charge is -2.02. The van der Waals surface area contributed by atoms with E-state index in [1.54, 1.807) is 35.9 Å². The van der Waals surface area contributed by atoms with Crippen molar-refractivity contribution in [2.45, 2.75) is 13.5 Å². The van der Waals surface area contributed by atoms with Gasteiger partial charge in [-0.05, 0) is 30.5 Å². The summed E-state index contributed by atoms with van der Waals surface area (Å²) in [4.78, 5) is 21.4. The van der Waals surface area contributed by atoms with Crippen molar-refractivity contribution in [3.63, 3.8) is 0 Å². The molecule has 0 fully saturated rings. The number of hydrogen-bond donors (Lipinski definition) is 1. The van der Waals surface area contributed by atoms with E-state index in [2.05, 4.69) is 15.3 Å². The Bertz CT molecular complexity index is 733. The lowest BCUT2D eigenvalue weighted by molar-refractivity contribution is 0.0950. The number of pyridine rings is 1. The second-order valence-electron chi connectivity index (χ2n) is 4.49. The van der Waals surface area contributed by atoms with Crippen molar-refractivity contribution in [2.75, 3.05) is 0 Å². The zero-order chi connectivity index (χ0) is 14.7. The molecule has 0 aliphatic rings. The molecule has 3 rings (SSSR count). The second kappa shape index (κ2) is 5.88. The number of amides is 1. The Kier molecular flexibility index (Phi) is 3.79. The molecule has 6 heteroatoms. The van der Waals surface area contributed by atoms with E-state index in [0.717, 1.165) is 10.6 Å². The summed E-state index contributed by atoms with van der Waals surface area (Å²) in [6.07, 6.45) is 3.12. The maximum absolute atomic E-state index is 12.0. The van der Waals surface area contributed by atoms with Gasteiger partial charge in [0.15, 0.2) is 0 Å². The highest BCUT2D eigenvalue weighted by atomic mass is 32.1. The normalized spacial score (nSPS) is 10.5. The highest BCUT2D eigenvalue weighted by Crippen LogP contribution is 2.23. The minimum absolute atomic E-state index is 0.178. The number of thiophene rings is 1. The van der Waals surface area contributed by atoms with E-state index in [-0.39, 0.29) is 5.91 Å². The molecule has 3 heterocycles. The summed E-state index contributed by atoms with van der Waals surface area (Å²) in [6.45, 7) is 2.20. The third-order valence-electron chi connectivity index (χ3n) is 2.89. The van der Waals surface area contributed by atoms with Gasteiger partial charge in [0.25, 0.3) is 5.91 Å². The average Bonchev–Trinajstić information content (AvgIpc) is 3.16. The summed E-state index contributed by atoms with van der Waals surface area (Å²) in [7, 11) is 0. The first-order chi connectivity index (χ1) is 10.2. The van der Waals surface area contributed by atoms with Crippen LogP contribution in [0.2, 0.25) is 0 Å². The zero-order valence-electron chi connectivity index (χ0n) is 11.4. The number of nitrogens with one attached hydrogen (secondary N) is 1. The van der Waals surface area contributed by atoms with Crippen molar-refractivity contribution in [3.8, 4) is 10.8 Å². The molecule has 106 valence electrons. The first-order valence-corrected chi connectivity index (χ1v) is 7.29. The van der Waals surface area contributed by atoms with Gasteiger partial charge in [-0.3, -0.25) is 9.78 Å². The lowest BCUT2D eigenvalue weighted by Crippen LogP contribution is -2.23. The summed E-state index contributed by atoms with van der Waals surface area (Å²) < 4.78 is 5.40. The molecule has 0 saturated heterocycles. The number of oxazole rings is 1. The van der Waals surface area contributed by atoms with Gasteiger partial charge in [-0.1, -0.05) is 6.07 Å². The molecule has 1 amide bonds. The number of carbonyl (C=O) groups is 1. The highest BCUT2D eigenvalue weighted by Gasteiger charge is 2.10. The van der Waals surface area contributed by atoms with Crippen LogP contribution in [0.25, 0.3) is 10.8 Å². The summed E-state index contributed by atoms with van der Waals surface area (Å²) in [5.41, 5.74) is 2.10. The van der Waals surface area contributed by atoms with Crippen LogP contribution in [-0.2, 0) is 6.54 Å². The van der Waals surface area contributed by atoms with Crippen LogP contribution in [0.5, 0.6) is 0 Å². The third-order valence-corrected chi connectivity index (χ3v) is 3.75. The molecule has 0 unspecified atom stereocenters. The molecule has 1 N–H and O–H groups in total. The lowest BCUT2D eigenvalue weighted by atomic mass is 10.2. The van der Waals surface area contributed by atoms with Crippen molar-refractivity contribution in [1.82, 2.24) is 15.3 Å². The molecule has 0 aliphatic carbocycles. The second-order valence-corrected chi connectivity index (χ2v) is 5.44. The number of nitrogens with zero attached hydrogens (tertiary/aromatic N) is 2. The van der Waals surface area contributed by atoms with E-state index < -0.39 is 0 Å². The molecular weight excluding hydrogens is 286 g/mol. The van der Waals surface area contributed by atoms with Gasteiger partial charge in [0.1, 0.15) is 6.26 Å². The Morgan fingerprint density at radius 2 is 2.29 bits per heavy atom. The third kappa shape index (κ3) is 3.17. The van der Waals surface area contributed by atoms with Gasteiger partial charge >= 0.3 is 0 Å². The van der Waals surface area contributed by atoms with Crippen molar-refractivity contribution in [3.05, 3.63) is 59.1 Å². The van der Waals surface area contributed by atoms with Crippen LogP contribution in [0.1, 0.15) is 21.7 Å². The molecule has 5 nitrogen and oxygen atoms in total. The molecular formula is C15H13N3O2S. The molecule has 3 aromatic rings. The maximum Gasteiger partial charge on any atom is 0.253 e. The summed E-state index contributed by atoms with van der Waals surface area (Å²) >= 11 is 1.56. The van der Waals surface area contributed by atoms with Gasteiger partial charge in [0, 0.05) is 11.9 Å². The average molecular weight is 299 g/mol. The van der Waals surface area contributed by atoms with Crippen molar-refractivity contribution in [2.24, 2.45) is 0 Å². The molecule has 3 aromatic heterocycles. The first kappa shape index (κ1) is 13.5. The first-order valence-electron chi connectivity index (χ1n) is 6.41. The van der Waals surface area contributed by atoms with Crippen LogP contribution >= 0.6 is 11.3 Å². The summed E-state index contributed by atoms with van der Waals surface area (Å²) in [5, 5.41) is 4.76. The molecule has 0 saturated carbocycles. The Morgan fingerprint density at radius 1 is 1.38 bits per heavy atom. The Balaban J connectivity index is 1.62. The number of aromatic nitrogens is 2. The van der Waals surface area contributed by atoms with Gasteiger partial charge in [-0.25, -0.2) is 4.98 Å². The fourth-order valence-corrected chi connectivity index (χ4v) is 2.43. The molecule has 0 spiro atoms. The fourth-order valence-electron chi connectivity index (χ4n) is 1.78. The predicted molar refractivity (Wildman–Crippen MR) is 80.0 cm³/mol. The van der Waals surface area contributed by atoms with Crippen LogP contribution in [0, 0.1) is 6.92 Å². The largest absolute Gasteiger partial charge is 0.443 e. The minimum Gasteiger partial charge on any atom is -0.443 e. The van der Waals surface area contributed by atoms with Gasteiger partial charge in [-0.2, -0.15) is 0 Å². The fraction of sp³-hybridized carbons (Fsp3) is 0.133. The quantitative estimate of drug-likeness (QED) is 0.804. The van der Waals surface area contributed by atoms with Crippen LogP contribution in [-0.4, -0.2) is 15.9 Å². The molecule has 21 heavy (non-hydrogen) atoms. The van der Waals surface area contributed by atoms with Crippen molar-refractivity contribution in [1.29, 1.82) is 0 Å². The van der Waals surface area contributed by atoms with Gasteiger partial charge in [-0.15, -0.1) is 11.3 Å². The molecule has 0 bridgehead atoms. The monoisotopic (exact) mass is 299 g/mol. The number of carbonyl (C=O) groups excluding carboxylic acids is 1. The summed E-state index contributed by atoms with van der Waals surface area (Å²) in [5.74, 6) is 0.398. The van der Waals surface area contributed by atoms with Gasteiger partial charge in [0.05, 0.1) is 22.7 Å². The van der Waals surface area contributed by atoms with E-state index in [0.29, 0.717) is 23.7 Å². The molecule has 0 aromatic carbocycles. The van der Waals surface area contributed by atoms with Crippen LogP contribution < -0.4 is 5.32 Å². The molecule has 0 radical (unpaired) electrons. The number of aryl methyl sites for hydroxylation is 1. The van der Waals surface area contributed by atoms with Gasteiger partial charge in [0.2, 0.25) is 5.89 Å². The van der Waals surface area contributed by atoms with Crippen molar-refractivity contribution < 1.29 is 9.21 Å². The Hall–Kier alpha value is -2.47. The van der Waals surface area contributed by atoms with E-state index in [1.165, 1.54) is 0 Å². The maximum atomic E-state index is 12.0. The molecule has 0 atom stereocenters. The number of hydrogen-bond acceptors (Lipinski definition) is 5. The zero-order valence-corrected chi connectivity index (χ0v) is 12.2. The van der Waals surface area contributed by atoms with Gasteiger partial charge < -0.3 is 9.73 Å². The Morgan fingerprint density at radius 3 is 3.00 bits per heavy atom. The topological polar surface area (TPSA) is 68.0 Å². The van der Waals surface area contributed by atoms with Crippen molar-refractivity contribution >= 4 is 17.2 Å². The smallest absolute Gasteiger partial charge is 0.253 e. The number of rotatable bonds is 4. The Labute approximate surface area is 125 Å². The van der Waals surface area contributed by atoms with E-state index >= 15 is 0 Å². The minimum atomic E-state index is -0.178. The van der Waals surface area contributed by atoms with E-state index in [9.17, 15) is 4.79 Å². The van der Waals surface area contributed by atoms with E-state index in [4.69, 9.17) is 4.42 Å².